The van der Waals surface area contributed by atoms with Gasteiger partial charge in [0.2, 0.25) is 0 Å². The second kappa shape index (κ2) is 5.08. The Kier molecular flexibility index (Phi) is 3.15. The summed E-state index contributed by atoms with van der Waals surface area (Å²) in [5.41, 5.74) is 6.59. The van der Waals surface area contributed by atoms with E-state index in [2.05, 4.69) is 90.3 Å². The SMILES string of the molecule is CN1CCN(C)c2cc3c(cc21)N(C)C(c1ccccc1)N3C. The highest BCUT2D eigenvalue weighted by atomic mass is 15.4. The van der Waals surface area contributed by atoms with Crippen molar-refractivity contribution in [3.8, 4) is 0 Å². The first kappa shape index (κ1) is 14.2. The van der Waals surface area contributed by atoms with Gasteiger partial charge in [-0.05, 0) is 17.7 Å². The minimum Gasteiger partial charge on any atom is -0.371 e. The van der Waals surface area contributed by atoms with Gasteiger partial charge in [0, 0.05) is 41.3 Å². The molecule has 0 N–H and O–H groups in total. The van der Waals surface area contributed by atoms with Gasteiger partial charge in [0.15, 0.2) is 0 Å². The van der Waals surface area contributed by atoms with Gasteiger partial charge in [0.25, 0.3) is 0 Å². The van der Waals surface area contributed by atoms with Gasteiger partial charge in [-0.3, -0.25) is 0 Å². The standard InChI is InChI=1S/C19H24N4/c1-20-10-11-21(2)16-13-18-17(12-15(16)20)22(3)19(23(18)4)14-8-6-5-7-9-14/h5-9,12-13,19H,10-11H2,1-4H3. The van der Waals surface area contributed by atoms with Crippen LogP contribution in [0.15, 0.2) is 42.5 Å². The zero-order valence-electron chi connectivity index (χ0n) is 14.3. The Morgan fingerprint density at radius 2 is 1.17 bits per heavy atom. The van der Waals surface area contributed by atoms with E-state index in [1.54, 1.807) is 0 Å². The van der Waals surface area contributed by atoms with E-state index in [0.717, 1.165) is 13.1 Å². The molecule has 0 aliphatic carbocycles. The lowest BCUT2D eigenvalue weighted by atomic mass is 10.1. The molecule has 23 heavy (non-hydrogen) atoms. The molecule has 2 aromatic rings. The quantitative estimate of drug-likeness (QED) is 0.802. The zero-order valence-corrected chi connectivity index (χ0v) is 14.3. The van der Waals surface area contributed by atoms with Gasteiger partial charge in [-0.25, -0.2) is 0 Å². The Morgan fingerprint density at radius 1 is 0.696 bits per heavy atom. The maximum atomic E-state index is 2.38. The third-order valence-electron chi connectivity index (χ3n) is 5.26. The van der Waals surface area contributed by atoms with Crippen molar-refractivity contribution in [2.75, 3.05) is 60.9 Å². The highest BCUT2D eigenvalue weighted by Gasteiger charge is 2.34. The zero-order chi connectivity index (χ0) is 16.1. The summed E-state index contributed by atoms with van der Waals surface area (Å²) in [5.74, 6) is 0. The van der Waals surface area contributed by atoms with Crippen molar-refractivity contribution in [3.05, 3.63) is 48.0 Å². The van der Waals surface area contributed by atoms with E-state index >= 15 is 0 Å². The molecule has 4 rings (SSSR count). The van der Waals surface area contributed by atoms with E-state index < -0.39 is 0 Å². The van der Waals surface area contributed by atoms with Crippen molar-refractivity contribution in [1.82, 2.24) is 0 Å². The fourth-order valence-corrected chi connectivity index (χ4v) is 3.87. The monoisotopic (exact) mass is 308 g/mol. The smallest absolute Gasteiger partial charge is 0.128 e. The van der Waals surface area contributed by atoms with Crippen LogP contribution in [0.1, 0.15) is 11.7 Å². The van der Waals surface area contributed by atoms with E-state index in [9.17, 15) is 0 Å². The minimum atomic E-state index is 0.255. The van der Waals surface area contributed by atoms with Crippen molar-refractivity contribution in [2.45, 2.75) is 6.17 Å². The number of hydrogen-bond donors (Lipinski definition) is 0. The van der Waals surface area contributed by atoms with E-state index in [1.165, 1.54) is 28.3 Å². The van der Waals surface area contributed by atoms with E-state index in [1.807, 2.05) is 0 Å². The van der Waals surface area contributed by atoms with Crippen LogP contribution >= 0.6 is 0 Å². The van der Waals surface area contributed by atoms with E-state index in [0.29, 0.717) is 0 Å². The summed E-state index contributed by atoms with van der Waals surface area (Å²) in [6.07, 6.45) is 0.255. The predicted molar refractivity (Wildman–Crippen MR) is 99.0 cm³/mol. The first-order chi connectivity index (χ1) is 11.1. The van der Waals surface area contributed by atoms with Crippen molar-refractivity contribution >= 4 is 22.7 Å². The van der Waals surface area contributed by atoms with E-state index in [-0.39, 0.29) is 6.17 Å². The second-order valence-electron chi connectivity index (χ2n) is 6.68. The first-order valence-electron chi connectivity index (χ1n) is 8.19. The number of benzene rings is 2. The minimum absolute atomic E-state index is 0.255. The van der Waals surface area contributed by atoms with Gasteiger partial charge in [0.05, 0.1) is 22.7 Å². The average Bonchev–Trinajstić information content (AvgIpc) is 2.82. The summed E-state index contributed by atoms with van der Waals surface area (Å²) >= 11 is 0. The Bertz CT molecular complexity index is 685. The van der Waals surface area contributed by atoms with E-state index in [4.69, 9.17) is 0 Å². The predicted octanol–water partition coefficient (Wildman–Crippen LogP) is 3.16. The Morgan fingerprint density at radius 3 is 1.65 bits per heavy atom. The third kappa shape index (κ3) is 2.05. The number of fused-ring (bicyclic) bond motifs is 2. The molecule has 2 aliphatic heterocycles. The number of likely N-dealkylation sites (N-methyl/N-ethyl adjacent to an activating group) is 2. The van der Waals surface area contributed by atoms with Crippen LogP contribution in [0.2, 0.25) is 0 Å². The van der Waals surface area contributed by atoms with Gasteiger partial charge in [-0.1, -0.05) is 30.3 Å². The number of hydrogen-bond acceptors (Lipinski definition) is 4. The molecule has 0 atom stereocenters. The van der Waals surface area contributed by atoms with Gasteiger partial charge in [-0.2, -0.15) is 0 Å². The number of rotatable bonds is 1. The van der Waals surface area contributed by atoms with Crippen molar-refractivity contribution < 1.29 is 0 Å². The number of anilines is 4. The van der Waals surface area contributed by atoms with Crippen LogP contribution in [-0.2, 0) is 0 Å². The number of nitrogens with zero attached hydrogens (tertiary/aromatic N) is 4. The molecule has 2 aromatic carbocycles. The summed E-state index contributed by atoms with van der Waals surface area (Å²) in [4.78, 5) is 9.49. The summed E-state index contributed by atoms with van der Waals surface area (Å²) in [6.45, 7) is 2.15. The van der Waals surface area contributed by atoms with Crippen LogP contribution in [0.5, 0.6) is 0 Å². The largest absolute Gasteiger partial charge is 0.371 e. The highest BCUT2D eigenvalue weighted by molar-refractivity contribution is 5.89. The van der Waals surface area contributed by atoms with Crippen LogP contribution in [-0.4, -0.2) is 41.3 Å². The lowest BCUT2D eigenvalue weighted by molar-refractivity contribution is 0.694. The average molecular weight is 308 g/mol. The highest BCUT2D eigenvalue weighted by Crippen LogP contribution is 2.49. The summed E-state index contributed by atoms with van der Waals surface area (Å²) < 4.78 is 0. The Balaban J connectivity index is 1.82. The fourth-order valence-electron chi connectivity index (χ4n) is 3.87. The molecule has 0 fully saturated rings. The lowest BCUT2D eigenvalue weighted by Gasteiger charge is -2.35. The van der Waals surface area contributed by atoms with Crippen LogP contribution < -0.4 is 19.6 Å². The molecule has 0 amide bonds. The van der Waals surface area contributed by atoms with Crippen molar-refractivity contribution in [2.24, 2.45) is 0 Å². The lowest BCUT2D eigenvalue weighted by Crippen LogP contribution is -2.36. The summed E-state index contributed by atoms with van der Waals surface area (Å²) in [5, 5.41) is 0. The van der Waals surface area contributed by atoms with Gasteiger partial charge in [-0.15, -0.1) is 0 Å². The summed E-state index contributed by atoms with van der Waals surface area (Å²) in [6, 6.07) is 15.4. The fraction of sp³-hybridized carbons (Fsp3) is 0.368. The van der Waals surface area contributed by atoms with Gasteiger partial charge < -0.3 is 19.6 Å². The molecule has 4 nitrogen and oxygen atoms in total. The van der Waals surface area contributed by atoms with Crippen molar-refractivity contribution in [1.29, 1.82) is 0 Å². The molecular weight excluding hydrogens is 284 g/mol. The molecule has 0 radical (unpaired) electrons. The molecule has 0 saturated heterocycles. The molecule has 0 saturated carbocycles. The molecule has 0 bridgehead atoms. The topological polar surface area (TPSA) is 13.0 Å². The Labute approximate surface area is 138 Å². The normalized spacial score (nSPS) is 17.6. The molecule has 2 aliphatic rings. The molecule has 0 aromatic heterocycles. The molecule has 0 unspecified atom stereocenters. The maximum absolute atomic E-state index is 2.38. The van der Waals surface area contributed by atoms with Gasteiger partial charge >= 0.3 is 0 Å². The summed E-state index contributed by atoms with van der Waals surface area (Å²) in [7, 11) is 8.76. The van der Waals surface area contributed by atoms with Crippen molar-refractivity contribution in [3.63, 3.8) is 0 Å². The first-order valence-corrected chi connectivity index (χ1v) is 8.19. The van der Waals surface area contributed by atoms with Crippen LogP contribution in [0.3, 0.4) is 0 Å². The molecule has 4 heteroatoms. The van der Waals surface area contributed by atoms with Crippen LogP contribution in [0.4, 0.5) is 22.7 Å². The van der Waals surface area contributed by atoms with Crippen LogP contribution in [0, 0.1) is 0 Å². The van der Waals surface area contributed by atoms with Crippen LogP contribution in [0.25, 0.3) is 0 Å². The maximum Gasteiger partial charge on any atom is 0.128 e. The molecular formula is C19H24N4. The third-order valence-corrected chi connectivity index (χ3v) is 5.26. The second-order valence-corrected chi connectivity index (χ2v) is 6.68. The van der Waals surface area contributed by atoms with Gasteiger partial charge in [0.1, 0.15) is 6.17 Å². The molecule has 0 spiro atoms. The Hall–Kier alpha value is -2.36. The molecule has 2 heterocycles. The molecule has 120 valence electrons.